The van der Waals surface area contributed by atoms with E-state index in [1.165, 1.54) is 22.8 Å². The average molecular weight is 310 g/mol. The zero-order chi connectivity index (χ0) is 16.8. The lowest BCUT2D eigenvalue weighted by molar-refractivity contribution is 0.470. The number of fused-ring (bicyclic) bond motifs is 2. The van der Waals surface area contributed by atoms with Crippen molar-refractivity contribution >= 4 is 5.57 Å². The maximum atomic E-state index is 13.6. The average Bonchev–Trinajstić information content (AvgIpc) is 2.47. The summed E-state index contributed by atoms with van der Waals surface area (Å²) in [6.07, 6.45) is 0.706. The van der Waals surface area contributed by atoms with E-state index in [2.05, 4.69) is 46.8 Å². The first-order chi connectivity index (χ1) is 10.8. The van der Waals surface area contributed by atoms with Gasteiger partial charge in [0.05, 0.1) is 0 Å². The van der Waals surface area contributed by atoms with Crippen LogP contribution in [0.15, 0.2) is 42.0 Å². The molecule has 1 aliphatic heterocycles. The molecular weight excluding hydrogens is 287 g/mol. The molecule has 1 aliphatic rings. The summed E-state index contributed by atoms with van der Waals surface area (Å²) in [5, 5.41) is 0. The van der Waals surface area contributed by atoms with E-state index in [1.54, 1.807) is 12.1 Å². The normalized spacial score (nSPS) is 17.7. The summed E-state index contributed by atoms with van der Waals surface area (Å²) >= 11 is 0. The Morgan fingerprint density at radius 2 is 1.65 bits per heavy atom. The number of rotatable bonds is 0. The molecular formula is C21H23FO. The second kappa shape index (κ2) is 5.52. The van der Waals surface area contributed by atoms with Crippen LogP contribution in [0.2, 0.25) is 0 Å². The van der Waals surface area contributed by atoms with Gasteiger partial charge < -0.3 is 4.74 Å². The van der Waals surface area contributed by atoms with Crippen LogP contribution in [-0.2, 0) is 11.8 Å². The number of hydrogen-bond donors (Lipinski definition) is 0. The van der Waals surface area contributed by atoms with Crippen molar-refractivity contribution < 1.29 is 9.13 Å². The summed E-state index contributed by atoms with van der Waals surface area (Å²) in [5.74, 6) is 1.35. The van der Waals surface area contributed by atoms with E-state index in [4.69, 9.17) is 4.74 Å². The summed E-state index contributed by atoms with van der Waals surface area (Å²) in [5.41, 5.74) is 5.85. The maximum absolute atomic E-state index is 13.6. The van der Waals surface area contributed by atoms with Gasteiger partial charge in [0.15, 0.2) is 0 Å². The number of halogens is 1. The lowest BCUT2D eigenvalue weighted by Gasteiger charge is -2.24. The predicted octanol–water partition coefficient (Wildman–Crippen LogP) is 6.27. The van der Waals surface area contributed by atoms with Gasteiger partial charge in [-0.15, -0.1) is 0 Å². The SMILES string of the molecule is C/C1=C(\C)c2cc(C(C)(C)C)ccc2Oc2ccc(F)cc2C1. The molecule has 0 saturated carbocycles. The van der Waals surface area contributed by atoms with E-state index in [9.17, 15) is 4.39 Å². The van der Waals surface area contributed by atoms with E-state index in [0.717, 1.165) is 22.6 Å². The molecule has 0 saturated heterocycles. The molecule has 0 unspecified atom stereocenters. The van der Waals surface area contributed by atoms with Gasteiger partial charge in [0.1, 0.15) is 17.3 Å². The molecule has 0 fully saturated rings. The monoisotopic (exact) mass is 310 g/mol. The zero-order valence-corrected chi connectivity index (χ0v) is 14.5. The molecule has 1 nitrogen and oxygen atoms in total. The van der Waals surface area contributed by atoms with Crippen molar-refractivity contribution in [3.8, 4) is 11.5 Å². The summed E-state index contributed by atoms with van der Waals surface area (Å²) in [6, 6.07) is 11.1. The Labute approximate surface area is 137 Å². The highest BCUT2D eigenvalue weighted by molar-refractivity contribution is 5.74. The van der Waals surface area contributed by atoms with Crippen LogP contribution in [0, 0.1) is 5.82 Å². The topological polar surface area (TPSA) is 9.23 Å². The van der Waals surface area contributed by atoms with Crippen LogP contribution in [-0.4, -0.2) is 0 Å². The molecule has 0 spiro atoms. The van der Waals surface area contributed by atoms with Crippen molar-refractivity contribution in [3.05, 3.63) is 64.5 Å². The van der Waals surface area contributed by atoms with E-state index in [0.29, 0.717) is 6.42 Å². The van der Waals surface area contributed by atoms with Gasteiger partial charge in [-0.05, 0) is 67.2 Å². The molecule has 3 rings (SSSR count). The Hall–Kier alpha value is -2.09. The summed E-state index contributed by atoms with van der Waals surface area (Å²) < 4.78 is 19.7. The minimum atomic E-state index is -0.221. The van der Waals surface area contributed by atoms with Crippen LogP contribution in [0.25, 0.3) is 5.57 Å². The molecule has 0 amide bonds. The third kappa shape index (κ3) is 3.03. The van der Waals surface area contributed by atoms with Gasteiger partial charge >= 0.3 is 0 Å². The van der Waals surface area contributed by atoms with E-state index >= 15 is 0 Å². The standard InChI is InChI=1S/C21H23FO/c1-13-10-15-11-17(22)7-9-19(15)23-20-8-6-16(21(3,4)5)12-18(20)14(13)2/h6-9,11-12H,10H2,1-5H3/b14-13-. The molecule has 0 bridgehead atoms. The number of hydrogen-bond acceptors (Lipinski definition) is 1. The Kier molecular flexibility index (Phi) is 3.79. The van der Waals surface area contributed by atoms with Crippen LogP contribution in [0.3, 0.4) is 0 Å². The minimum Gasteiger partial charge on any atom is -0.456 e. The minimum absolute atomic E-state index is 0.0899. The predicted molar refractivity (Wildman–Crippen MR) is 93.6 cm³/mol. The van der Waals surface area contributed by atoms with Crippen molar-refractivity contribution in [2.45, 2.75) is 46.5 Å². The Morgan fingerprint density at radius 3 is 2.35 bits per heavy atom. The summed E-state index contributed by atoms with van der Waals surface area (Å²) in [6.45, 7) is 10.9. The Bertz CT molecular complexity index is 794. The van der Waals surface area contributed by atoms with Crippen molar-refractivity contribution in [3.63, 3.8) is 0 Å². The highest BCUT2D eigenvalue weighted by Gasteiger charge is 2.20. The first kappa shape index (κ1) is 15.8. The van der Waals surface area contributed by atoms with Gasteiger partial charge in [-0.2, -0.15) is 0 Å². The van der Waals surface area contributed by atoms with Crippen molar-refractivity contribution in [1.29, 1.82) is 0 Å². The Morgan fingerprint density at radius 1 is 0.957 bits per heavy atom. The van der Waals surface area contributed by atoms with Gasteiger partial charge in [-0.3, -0.25) is 0 Å². The molecule has 2 aromatic rings. The lowest BCUT2D eigenvalue weighted by Crippen LogP contribution is -2.12. The summed E-state index contributed by atoms with van der Waals surface area (Å²) in [7, 11) is 0. The fraction of sp³-hybridized carbons (Fsp3) is 0.333. The second-order valence-electron chi connectivity index (χ2n) is 7.40. The smallest absolute Gasteiger partial charge is 0.134 e. The first-order valence-electron chi connectivity index (χ1n) is 8.03. The van der Waals surface area contributed by atoms with Gasteiger partial charge in [0.2, 0.25) is 0 Å². The first-order valence-corrected chi connectivity index (χ1v) is 8.03. The van der Waals surface area contributed by atoms with E-state index in [-0.39, 0.29) is 11.2 Å². The van der Waals surface area contributed by atoms with E-state index in [1.807, 2.05) is 6.07 Å². The molecule has 2 heteroatoms. The largest absolute Gasteiger partial charge is 0.456 e. The quantitative estimate of drug-likeness (QED) is 0.557. The van der Waals surface area contributed by atoms with Crippen molar-refractivity contribution in [1.82, 2.24) is 0 Å². The highest BCUT2D eigenvalue weighted by Crippen LogP contribution is 2.39. The molecule has 0 aromatic heterocycles. The fourth-order valence-corrected chi connectivity index (χ4v) is 2.93. The van der Waals surface area contributed by atoms with Gasteiger partial charge in [-0.25, -0.2) is 4.39 Å². The highest BCUT2D eigenvalue weighted by atomic mass is 19.1. The molecule has 0 N–H and O–H groups in total. The zero-order valence-electron chi connectivity index (χ0n) is 14.5. The second-order valence-corrected chi connectivity index (χ2v) is 7.40. The van der Waals surface area contributed by atoms with Crippen molar-refractivity contribution in [2.75, 3.05) is 0 Å². The third-order valence-corrected chi connectivity index (χ3v) is 4.59. The third-order valence-electron chi connectivity index (χ3n) is 4.59. The van der Waals surface area contributed by atoms with Gasteiger partial charge in [-0.1, -0.05) is 32.4 Å². The molecule has 0 atom stereocenters. The number of ether oxygens (including phenoxy) is 1. The van der Waals surface area contributed by atoms with Crippen LogP contribution in [0.4, 0.5) is 4.39 Å². The number of allylic oxidation sites excluding steroid dienone is 2. The van der Waals surface area contributed by atoms with Gasteiger partial charge in [0, 0.05) is 11.1 Å². The van der Waals surface area contributed by atoms with Gasteiger partial charge in [0.25, 0.3) is 0 Å². The van der Waals surface area contributed by atoms with Crippen LogP contribution >= 0.6 is 0 Å². The molecule has 0 aliphatic carbocycles. The van der Waals surface area contributed by atoms with Crippen molar-refractivity contribution in [2.24, 2.45) is 0 Å². The molecule has 120 valence electrons. The fourth-order valence-electron chi connectivity index (χ4n) is 2.93. The Balaban J connectivity index is 2.19. The molecule has 0 radical (unpaired) electrons. The molecule has 2 aromatic carbocycles. The van der Waals surface area contributed by atoms with Crippen LogP contribution < -0.4 is 4.74 Å². The van der Waals surface area contributed by atoms with Crippen LogP contribution in [0.1, 0.15) is 51.3 Å². The number of benzene rings is 2. The molecule has 23 heavy (non-hydrogen) atoms. The molecule has 1 heterocycles. The summed E-state index contributed by atoms with van der Waals surface area (Å²) in [4.78, 5) is 0. The van der Waals surface area contributed by atoms with Crippen LogP contribution in [0.5, 0.6) is 11.5 Å². The maximum Gasteiger partial charge on any atom is 0.134 e. The lowest BCUT2D eigenvalue weighted by atomic mass is 9.84. The van der Waals surface area contributed by atoms with E-state index < -0.39 is 0 Å².